The van der Waals surface area contributed by atoms with E-state index in [4.69, 9.17) is 4.74 Å². The van der Waals surface area contributed by atoms with Gasteiger partial charge in [0.25, 0.3) is 0 Å². The van der Waals surface area contributed by atoms with Crippen LogP contribution in [0.3, 0.4) is 0 Å². The number of thiophene rings is 1. The summed E-state index contributed by atoms with van der Waals surface area (Å²) in [4.78, 5) is 13.2. The number of rotatable bonds is 4. The maximum absolute atomic E-state index is 12.3. The summed E-state index contributed by atoms with van der Waals surface area (Å²) in [6.45, 7) is 2.82. The maximum Gasteiger partial charge on any atom is 0.221 e. The van der Waals surface area contributed by atoms with Crippen molar-refractivity contribution >= 4 is 17.1 Å². The summed E-state index contributed by atoms with van der Waals surface area (Å²) < 4.78 is 7.62. The van der Waals surface area contributed by atoms with Gasteiger partial charge in [-0.15, -0.1) is 11.3 Å². The van der Waals surface area contributed by atoms with E-state index in [1.807, 2.05) is 35.0 Å². The molecule has 0 bridgehead atoms. The van der Waals surface area contributed by atoms with Crippen molar-refractivity contribution in [3.8, 4) is 22.6 Å². The van der Waals surface area contributed by atoms with Crippen LogP contribution in [0.2, 0.25) is 0 Å². The molecule has 0 unspecified atom stereocenters. The first-order chi connectivity index (χ1) is 10.8. The summed E-state index contributed by atoms with van der Waals surface area (Å²) in [5, 5.41) is 2.06. The third-order valence-corrected chi connectivity index (χ3v) is 4.80. The summed E-state index contributed by atoms with van der Waals surface area (Å²) in [6.07, 6.45) is 2.95. The van der Waals surface area contributed by atoms with Gasteiger partial charge in [-0.1, -0.05) is 19.1 Å². The largest absolute Gasteiger partial charge is 0.494 e. The Hall–Kier alpha value is -2.33. The van der Waals surface area contributed by atoms with E-state index in [-0.39, 0.29) is 5.78 Å². The highest BCUT2D eigenvalue weighted by atomic mass is 32.1. The number of fused-ring (bicyclic) bond motifs is 3. The second-order valence-electron chi connectivity index (χ2n) is 5.29. The zero-order valence-corrected chi connectivity index (χ0v) is 13.0. The van der Waals surface area contributed by atoms with E-state index >= 15 is 0 Å². The number of ether oxygens (including phenoxy) is 1. The van der Waals surface area contributed by atoms with Crippen LogP contribution < -0.4 is 4.74 Å². The highest BCUT2D eigenvalue weighted by molar-refractivity contribution is 7.13. The maximum atomic E-state index is 12.3. The average molecular weight is 309 g/mol. The lowest BCUT2D eigenvalue weighted by Gasteiger charge is -2.07. The minimum absolute atomic E-state index is 0.124. The zero-order chi connectivity index (χ0) is 15.1. The number of nitrogens with zero attached hydrogens (tertiary/aromatic N) is 1. The average Bonchev–Trinajstić information content (AvgIpc) is 3.22. The van der Waals surface area contributed by atoms with Gasteiger partial charge in [-0.25, -0.2) is 0 Å². The fraction of sp³-hybridized carbons (Fsp3) is 0.167. The van der Waals surface area contributed by atoms with Crippen LogP contribution in [0.4, 0.5) is 0 Å². The Morgan fingerprint density at radius 1 is 1.18 bits per heavy atom. The molecule has 3 nitrogen and oxygen atoms in total. The first-order valence-electron chi connectivity index (χ1n) is 7.36. The predicted octanol–water partition coefficient (Wildman–Crippen LogP) is 4.54. The molecule has 4 heteroatoms. The van der Waals surface area contributed by atoms with Crippen LogP contribution in [0.5, 0.6) is 5.75 Å². The molecule has 0 spiro atoms. The van der Waals surface area contributed by atoms with Crippen LogP contribution >= 0.6 is 11.3 Å². The van der Waals surface area contributed by atoms with Gasteiger partial charge in [0.2, 0.25) is 5.78 Å². The van der Waals surface area contributed by atoms with Gasteiger partial charge in [-0.05, 0) is 36.2 Å². The first kappa shape index (κ1) is 13.3. The minimum Gasteiger partial charge on any atom is -0.494 e. The zero-order valence-electron chi connectivity index (χ0n) is 12.2. The molecule has 0 saturated carbocycles. The highest BCUT2D eigenvalue weighted by Crippen LogP contribution is 2.41. The molecule has 1 aliphatic heterocycles. The molecule has 2 aromatic heterocycles. The van der Waals surface area contributed by atoms with Crippen LogP contribution in [-0.4, -0.2) is 17.0 Å². The Morgan fingerprint density at radius 2 is 2.00 bits per heavy atom. The Balaban J connectivity index is 1.74. The molecule has 0 amide bonds. The van der Waals surface area contributed by atoms with Crippen LogP contribution in [0.1, 0.15) is 28.7 Å². The summed E-state index contributed by atoms with van der Waals surface area (Å²) in [5.74, 6) is 1.01. The minimum atomic E-state index is 0.124. The van der Waals surface area contributed by atoms with Gasteiger partial charge < -0.3 is 9.30 Å². The van der Waals surface area contributed by atoms with Crippen molar-refractivity contribution in [1.29, 1.82) is 0 Å². The number of carbonyl (C=O) groups is 1. The van der Waals surface area contributed by atoms with Crippen LogP contribution in [0, 0.1) is 0 Å². The topological polar surface area (TPSA) is 31.2 Å². The Labute approximate surface area is 132 Å². The smallest absolute Gasteiger partial charge is 0.221 e. The number of carbonyl (C=O) groups excluding carboxylic acids is 1. The molecule has 110 valence electrons. The van der Waals surface area contributed by atoms with Gasteiger partial charge in [0.1, 0.15) is 10.6 Å². The quantitative estimate of drug-likeness (QED) is 0.554. The van der Waals surface area contributed by atoms with E-state index in [9.17, 15) is 4.79 Å². The van der Waals surface area contributed by atoms with Crippen LogP contribution in [0.25, 0.3) is 16.8 Å². The van der Waals surface area contributed by atoms with Crippen molar-refractivity contribution in [2.24, 2.45) is 0 Å². The normalized spacial score (nSPS) is 12.3. The Kier molecular flexibility index (Phi) is 3.12. The number of benzene rings is 1. The van der Waals surface area contributed by atoms with E-state index in [0.717, 1.165) is 46.2 Å². The summed E-state index contributed by atoms with van der Waals surface area (Å²) in [7, 11) is 0. The van der Waals surface area contributed by atoms with E-state index in [1.165, 1.54) is 11.3 Å². The monoisotopic (exact) mass is 309 g/mol. The van der Waals surface area contributed by atoms with E-state index in [2.05, 4.69) is 24.4 Å². The molecule has 0 N–H and O–H groups in total. The van der Waals surface area contributed by atoms with Crippen LogP contribution in [0.15, 0.2) is 48.0 Å². The molecule has 0 saturated heterocycles. The lowest BCUT2D eigenvalue weighted by atomic mass is 10.1. The van der Waals surface area contributed by atoms with Gasteiger partial charge in [0.05, 0.1) is 18.0 Å². The third-order valence-electron chi connectivity index (χ3n) is 3.83. The molecule has 0 radical (unpaired) electrons. The molecule has 0 aliphatic carbocycles. The Morgan fingerprint density at radius 3 is 2.77 bits per heavy atom. The van der Waals surface area contributed by atoms with Crippen molar-refractivity contribution in [2.45, 2.75) is 13.3 Å². The van der Waals surface area contributed by atoms with Gasteiger partial charge in [-0.3, -0.25) is 4.79 Å². The fourth-order valence-electron chi connectivity index (χ4n) is 2.78. The second-order valence-corrected chi connectivity index (χ2v) is 6.17. The van der Waals surface area contributed by atoms with Crippen molar-refractivity contribution in [2.75, 3.05) is 6.61 Å². The SMILES string of the molecule is CCCOc1ccc(-c2csc3c2-n2cccc2C3=O)cc1. The molecule has 4 rings (SSSR count). The van der Waals surface area contributed by atoms with Gasteiger partial charge in [0, 0.05) is 17.1 Å². The summed E-state index contributed by atoms with van der Waals surface area (Å²) >= 11 is 1.52. The van der Waals surface area contributed by atoms with E-state index < -0.39 is 0 Å². The molecule has 3 aromatic rings. The molecule has 3 heterocycles. The van der Waals surface area contributed by atoms with Crippen LogP contribution in [-0.2, 0) is 0 Å². The van der Waals surface area contributed by atoms with Gasteiger partial charge >= 0.3 is 0 Å². The molecule has 1 aromatic carbocycles. The molecule has 22 heavy (non-hydrogen) atoms. The number of hydrogen-bond donors (Lipinski definition) is 0. The molecular formula is C18H15NO2S. The lowest BCUT2D eigenvalue weighted by Crippen LogP contribution is -1.95. The standard InChI is InChI=1S/C18H15NO2S/c1-2-10-21-13-7-5-12(6-8-13)14-11-22-18-16(14)19-9-3-4-15(19)17(18)20/h3-9,11H,2,10H2,1H3. The molecule has 0 fully saturated rings. The Bertz CT molecular complexity index is 842. The molecule has 1 aliphatic rings. The highest BCUT2D eigenvalue weighted by Gasteiger charge is 2.30. The van der Waals surface area contributed by atoms with Gasteiger partial charge in [0.15, 0.2) is 0 Å². The summed E-state index contributed by atoms with van der Waals surface area (Å²) in [5.41, 5.74) is 3.98. The second kappa shape index (κ2) is 5.14. The number of ketones is 1. The van der Waals surface area contributed by atoms with Gasteiger partial charge in [-0.2, -0.15) is 0 Å². The van der Waals surface area contributed by atoms with Crippen molar-refractivity contribution in [3.63, 3.8) is 0 Å². The molecular weight excluding hydrogens is 294 g/mol. The van der Waals surface area contributed by atoms with Crippen molar-refractivity contribution in [1.82, 2.24) is 4.57 Å². The van der Waals surface area contributed by atoms with Crippen molar-refractivity contribution < 1.29 is 9.53 Å². The third kappa shape index (κ3) is 1.91. The first-order valence-corrected chi connectivity index (χ1v) is 8.24. The lowest BCUT2D eigenvalue weighted by molar-refractivity contribution is 0.104. The fourth-order valence-corrected chi connectivity index (χ4v) is 3.80. The predicted molar refractivity (Wildman–Crippen MR) is 88.3 cm³/mol. The number of hydrogen-bond acceptors (Lipinski definition) is 3. The summed E-state index contributed by atoms with van der Waals surface area (Å²) in [6, 6.07) is 11.9. The van der Waals surface area contributed by atoms with E-state index in [0.29, 0.717) is 0 Å². The molecule has 0 atom stereocenters. The van der Waals surface area contributed by atoms with E-state index in [1.54, 1.807) is 0 Å². The van der Waals surface area contributed by atoms with Crippen molar-refractivity contribution in [3.05, 3.63) is 58.5 Å². The number of aromatic nitrogens is 1.